The minimum absolute atomic E-state index is 0.0181. The second-order valence-electron chi connectivity index (χ2n) is 5.48. The van der Waals surface area contributed by atoms with Crippen molar-refractivity contribution in [2.45, 2.75) is 38.3 Å². The molecule has 1 aliphatic rings. The van der Waals surface area contributed by atoms with Crippen LogP contribution in [0.4, 0.5) is 0 Å². The summed E-state index contributed by atoms with van der Waals surface area (Å²) in [6.45, 7) is 3.80. The van der Waals surface area contributed by atoms with Crippen LogP contribution in [-0.4, -0.2) is 37.0 Å². The van der Waals surface area contributed by atoms with Gasteiger partial charge in [0.2, 0.25) is 5.91 Å². The number of likely N-dealkylation sites (tertiary alicyclic amines) is 1. The molecule has 1 saturated heterocycles. The van der Waals surface area contributed by atoms with E-state index in [0.717, 1.165) is 38.1 Å². The largest absolute Gasteiger partial charge is 0.468 e. The number of hydrogen-bond donors (Lipinski definition) is 2. The zero-order chi connectivity index (χ0) is 14.5. The van der Waals surface area contributed by atoms with Gasteiger partial charge in [0.25, 0.3) is 0 Å². The van der Waals surface area contributed by atoms with Gasteiger partial charge in [-0.2, -0.15) is 0 Å². The molecule has 0 aliphatic carbocycles. The maximum absolute atomic E-state index is 11.9. The number of nitrogens with two attached hydrogens (primary N) is 1. The summed E-state index contributed by atoms with van der Waals surface area (Å²) in [5.41, 5.74) is 6.29. The number of nitrogens with zero attached hydrogens (tertiary/aromatic N) is 1. The summed E-state index contributed by atoms with van der Waals surface area (Å²) in [5, 5.41) is 2.75. The highest BCUT2D eigenvalue weighted by Gasteiger charge is 2.33. The fourth-order valence-electron chi connectivity index (χ4n) is 3.02. The van der Waals surface area contributed by atoms with E-state index in [1.807, 2.05) is 12.1 Å². The Morgan fingerprint density at radius 3 is 3.05 bits per heavy atom. The van der Waals surface area contributed by atoms with E-state index in [1.165, 1.54) is 0 Å². The average Bonchev–Trinajstić information content (AvgIpc) is 3.00. The first-order valence-corrected chi connectivity index (χ1v) is 7.42. The van der Waals surface area contributed by atoms with Gasteiger partial charge in [-0.3, -0.25) is 9.69 Å². The van der Waals surface area contributed by atoms with Crippen molar-refractivity contribution in [2.24, 2.45) is 11.7 Å². The number of rotatable bonds is 5. The maximum Gasteiger partial charge on any atom is 0.224 e. The quantitative estimate of drug-likeness (QED) is 0.857. The first-order valence-electron chi connectivity index (χ1n) is 7.42. The van der Waals surface area contributed by atoms with E-state index >= 15 is 0 Å². The van der Waals surface area contributed by atoms with E-state index in [9.17, 15) is 4.79 Å². The lowest BCUT2D eigenvalue weighted by molar-refractivity contribution is -0.126. The van der Waals surface area contributed by atoms with E-state index < -0.39 is 0 Å². The van der Waals surface area contributed by atoms with Crippen molar-refractivity contribution < 1.29 is 9.21 Å². The summed E-state index contributed by atoms with van der Waals surface area (Å²) in [7, 11) is 1.70. The highest BCUT2D eigenvalue weighted by Crippen LogP contribution is 2.30. The number of hydrogen-bond acceptors (Lipinski definition) is 4. The third-order valence-electron chi connectivity index (χ3n) is 4.18. The smallest absolute Gasteiger partial charge is 0.224 e. The summed E-state index contributed by atoms with van der Waals surface area (Å²) >= 11 is 0. The number of amides is 1. The Morgan fingerprint density at radius 1 is 1.65 bits per heavy atom. The molecule has 2 rings (SSSR count). The maximum atomic E-state index is 11.9. The molecule has 1 aromatic rings. The predicted molar refractivity (Wildman–Crippen MR) is 78.1 cm³/mol. The van der Waals surface area contributed by atoms with Crippen LogP contribution in [0, 0.1) is 5.92 Å². The Hall–Kier alpha value is -1.33. The summed E-state index contributed by atoms with van der Waals surface area (Å²) in [6.07, 6.45) is 4.53. The van der Waals surface area contributed by atoms with Gasteiger partial charge in [0.15, 0.2) is 0 Å². The monoisotopic (exact) mass is 279 g/mol. The van der Waals surface area contributed by atoms with Crippen molar-refractivity contribution >= 4 is 5.91 Å². The molecular formula is C15H25N3O2. The molecule has 20 heavy (non-hydrogen) atoms. The minimum atomic E-state index is 0.0181. The Labute approximate surface area is 120 Å². The molecule has 0 saturated carbocycles. The fraction of sp³-hybridized carbons (Fsp3) is 0.667. The lowest BCUT2D eigenvalue weighted by atomic mass is 9.93. The van der Waals surface area contributed by atoms with Gasteiger partial charge in [-0.1, -0.05) is 6.92 Å². The average molecular weight is 279 g/mol. The molecule has 1 amide bonds. The van der Waals surface area contributed by atoms with Crippen LogP contribution >= 0.6 is 0 Å². The Balaban J connectivity index is 2.14. The lowest BCUT2D eigenvalue weighted by Crippen LogP contribution is -2.48. The molecule has 1 aromatic heterocycles. The third kappa shape index (κ3) is 3.22. The minimum Gasteiger partial charge on any atom is -0.468 e. The number of furan rings is 1. The lowest BCUT2D eigenvalue weighted by Gasteiger charge is -2.39. The van der Waals surface area contributed by atoms with Crippen LogP contribution in [-0.2, 0) is 4.79 Å². The molecule has 1 fully saturated rings. The fourth-order valence-corrected chi connectivity index (χ4v) is 3.02. The van der Waals surface area contributed by atoms with Crippen molar-refractivity contribution in [2.75, 3.05) is 20.1 Å². The first kappa shape index (κ1) is 15.1. The van der Waals surface area contributed by atoms with E-state index in [4.69, 9.17) is 10.2 Å². The molecular weight excluding hydrogens is 254 g/mol. The normalized spacial score (nSPS) is 23.2. The summed E-state index contributed by atoms with van der Waals surface area (Å²) < 4.78 is 5.57. The van der Waals surface area contributed by atoms with Crippen LogP contribution in [0.5, 0.6) is 0 Å². The van der Waals surface area contributed by atoms with Gasteiger partial charge in [0.1, 0.15) is 5.76 Å². The summed E-state index contributed by atoms with van der Waals surface area (Å²) in [4.78, 5) is 14.2. The van der Waals surface area contributed by atoms with Crippen LogP contribution in [0.15, 0.2) is 22.8 Å². The molecule has 3 unspecified atom stereocenters. The molecule has 5 heteroatoms. The van der Waals surface area contributed by atoms with Gasteiger partial charge in [0, 0.05) is 19.6 Å². The van der Waals surface area contributed by atoms with E-state index in [-0.39, 0.29) is 23.9 Å². The second-order valence-corrected chi connectivity index (χ2v) is 5.48. The van der Waals surface area contributed by atoms with Crippen LogP contribution < -0.4 is 11.1 Å². The van der Waals surface area contributed by atoms with Gasteiger partial charge in [-0.05, 0) is 37.9 Å². The van der Waals surface area contributed by atoms with Crippen molar-refractivity contribution in [3.05, 3.63) is 24.2 Å². The molecule has 5 nitrogen and oxygen atoms in total. The summed E-state index contributed by atoms with van der Waals surface area (Å²) in [5.74, 6) is 1.07. The number of piperidine rings is 1. The molecule has 0 spiro atoms. The van der Waals surface area contributed by atoms with Crippen molar-refractivity contribution in [1.82, 2.24) is 10.2 Å². The standard InChI is InChI=1S/C15H25N3O2/c1-3-12(16)14(13-7-5-9-20-13)18-8-4-6-11(10-18)15(19)17-2/h5,7,9,11-12,14H,3-4,6,8,10,16H2,1-2H3,(H,17,19). The van der Waals surface area contributed by atoms with Crippen LogP contribution in [0.1, 0.15) is 38.0 Å². The first-order chi connectivity index (χ1) is 9.67. The molecule has 0 radical (unpaired) electrons. The van der Waals surface area contributed by atoms with E-state index in [1.54, 1.807) is 13.3 Å². The predicted octanol–water partition coefficient (Wildman–Crippen LogP) is 1.52. The van der Waals surface area contributed by atoms with Crippen LogP contribution in [0.25, 0.3) is 0 Å². The van der Waals surface area contributed by atoms with Gasteiger partial charge in [-0.15, -0.1) is 0 Å². The Bertz CT molecular complexity index is 419. The van der Waals surface area contributed by atoms with E-state index in [2.05, 4.69) is 17.1 Å². The molecule has 112 valence electrons. The second kappa shape index (κ2) is 6.90. The van der Waals surface area contributed by atoms with Gasteiger partial charge in [-0.25, -0.2) is 0 Å². The zero-order valence-corrected chi connectivity index (χ0v) is 12.3. The van der Waals surface area contributed by atoms with Crippen LogP contribution in [0.3, 0.4) is 0 Å². The zero-order valence-electron chi connectivity index (χ0n) is 12.3. The van der Waals surface area contributed by atoms with Gasteiger partial charge >= 0.3 is 0 Å². The van der Waals surface area contributed by atoms with Crippen molar-refractivity contribution in [1.29, 1.82) is 0 Å². The molecule has 3 atom stereocenters. The third-order valence-corrected chi connectivity index (χ3v) is 4.18. The Kier molecular flexibility index (Phi) is 5.20. The number of carbonyl (C=O) groups excluding carboxylic acids is 1. The molecule has 0 bridgehead atoms. The number of carbonyl (C=O) groups is 1. The van der Waals surface area contributed by atoms with Crippen LogP contribution in [0.2, 0.25) is 0 Å². The molecule has 2 heterocycles. The topological polar surface area (TPSA) is 71.5 Å². The van der Waals surface area contributed by atoms with Crippen molar-refractivity contribution in [3.8, 4) is 0 Å². The van der Waals surface area contributed by atoms with Crippen molar-refractivity contribution in [3.63, 3.8) is 0 Å². The highest BCUT2D eigenvalue weighted by atomic mass is 16.3. The highest BCUT2D eigenvalue weighted by molar-refractivity contribution is 5.78. The Morgan fingerprint density at radius 2 is 2.45 bits per heavy atom. The van der Waals surface area contributed by atoms with Gasteiger partial charge < -0.3 is 15.5 Å². The number of nitrogens with one attached hydrogen (secondary N) is 1. The van der Waals surface area contributed by atoms with Gasteiger partial charge in [0.05, 0.1) is 18.2 Å². The molecule has 0 aromatic carbocycles. The molecule has 3 N–H and O–H groups in total. The van der Waals surface area contributed by atoms with E-state index in [0.29, 0.717) is 0 Å². The summed E-state index contributed by atoms with van der Waals surface area (Å²) in [6, 6.07) is 3.95. The molecule has 1 aliphatic heterocycles. The SMILES string of the molecule is CCC(N)C(c1ccco1)N1CCCC(C(=O)NC)C1.